The van der Waals surface area contributed by atoms with Crippen molar-refractivity contribution in [2.45, 2.75) is 19.6 Å². The first-order valence-electron chi connectivity index (χ1n) is 4.85. The molecule has 0 aliphatic heterocycles. The second kappa shape index (κ2) is 3.93. The Balaban J connectivity index is 2.51. The fourth-order valence-electron chi connectivity index (χ4n) is 1.46. The van der Waals surface area contributed by atoms with Crippen LogP contribution in [0.2, 0.25) is 0 Å². The number of aromatic amines is 1. The molecule has 2 aromatic rings. The first-order chi connectivity index (χ1) is 7.61. The second-order valence-corrected chi connectivity index (χ2v) is 3.57. The van der Waals surface area contributed by atoms with Crippen LogP contribution in [0.15, 0.2) is 11.1 Å². The Kier molecular flexibility index (Phi) is 2.61. The van der Waals surface area contributed by atoms with Gasteiger partial charge >= 0.3 is 0 Å². The molecular formula is C9H13N5O2. The van der Waals surface area contributed by atoms with Crippen LogP contribution in [0.5, 0.6) is 0 Å². The van der Waals surface area contributed by atoms with Gasteiger partial charge in [-0.15, -0.1) is 0 Å². The molecule has 0 unspecified atom stereocenters. The van der Waals surface area contributed by atoms with Crippen LogP contribution in [0.25, 0.3) is 11.2 Å². The second-order valence-electron chi connectivity index (χ2n) is 3.57. The molecule has 1 atom stereocenters. The highest BCUT2D eigenvalue weighted by molar-refractivity contribution is 5.70. The number of hydrogen-bond acceptors (Lipinski definition) is 5. The molecule has 0 amide bonds. The van der Waals surface area contributed by atoms with Gasteiger partial charge in [0.1, 0.15) is 0 Å². The van der Waals surface area contributed by atoms with E-state index in [0.717, 1.165) is 0 Å². The van der Waals surface area contributed by atoms with Gasteiger partial charge in [-0.2, -0.15) is 4.98 Å². The van der Waals surface area contributed by atoms with Gasteiger partial charge in [-0.05, 0) is 6.92 Å². The van der Waals surface area contributed by atoms with Gasteiger partial charge in [0.15, 0.2) is 11.2 Å². The molecule has 0 aliphatic rings. The average molecular weight is 223 g/mol. The van der Waals surface area contributed by atoms with Gasteiger partial charge in [0.05, 0.1) is 19.0 Å². The zero-order valence-electron chi connectivity index (χ0n) is 9.10. The Morgan fingerprint density at radius 3 is 3.12 bits per heavy atom. The third-order valence-corrected chi connectivity index (χ3v) is 2.35. The minimum atomic E-state index is -0.327. The summed E-state index contributed by atoms with van der Waals surface area (Å²) in [6.07, 6.45) is 1.57. The summed E-state index contributed by atoms with van der Waals surface area (Å²) in [7, 11) is 1.62. The van der Waals surface area contributed by atoms with Crippen molar-refractivity contribution in [2.75, 3.05) is 12.8 Å². The predicted octanol–water partition coefficient (Wildman–Crippen LogP) is -0.263. The minimum absolute atomic E-state index is 0.0136. The maximum absolute atomic E-state index is 11.5. The number of imidazole rings is 1. The molecule has 0 aromatic carbocycles. The lowest BCUT2D eigenvalue weighted by Crippen LogP contribution is -2.16. The van der Waals surface area contributed by atoms with Crippen molar-refractivity contribution < 1.29 is 4.74 Å². The summed E-state index contributed by atoms with van der Waals surface area (Å²) in [6, 6.07) is 0. The molecule has 7 heteroatoms. The van der Waals surface area contributed by atoms with Crippen LogP contribution >= 0.6 is 0 Å². The Morgan fingerprint density at radius 1 is 1.69 bits per heavy atom. The number of nitrogens with zero attached hydrogens (tertiary/aromatic N) is 3. The highest BCUT2D eigenvalue weighted by Gasteiger charge is 2.10. The third kappa shape index (κ3) is 1.76. The highest BCUT2D eigenvalue weighted by atomic mass is 16.5. The van der Waals surface area contributed by atoms with Crippen molar-refractivity contribution in [3.63, 3.8) is 0 Å². The molecule has 7 nitrogen and oxygen atoms in total. The smallest absolute Gasteiger partial charge is 0.280 e. The van der Waals surface area contributed by atoms with Crippen LogP contribution in [-0.4, -0.2) is 32.7 Å². The van der Waals surface area contributed by atoms with Crippen LogP contribution in [-0.2, 0) is 11.3 Å². The van der Waals surface area contributed by atoms with E-state index in [1.165, 1.54) is 0 Å². The summed E-state index contributed by atoms with van der Waals surface area (Å²) in [5.41, 5.74) is 5.92. The van der Waals surface area contributed by atoms with Crippen LogP contribution in [0.1, 0.15) is 6.92 Å². The quantitative estimate of drug-likeness (QED) is 0.746. The lowest BCUT2D eigenvalue weighted by molar-refractivity contribution is 0.104. The van der Waals surface area contributed by atoms with Crippen molar-refractivity contribution in [1.82, 2.24) is 19.5 Å². The van der Waals surface area contributed by atoms with E-state index in [1.54, 1.807) is 18.0 Å². The van der Waals surface area contributed by atoms with Crippen LogP contribution in [0.4, 0.5) is 5.95 Å². The predicted molar refractivity (Wildman–Crippen MR) is 59.0 cm³/mol. The van der Waals surface area contributed by atoms with E-state index in [0.29, 0.717) is 12.2 Å². The summed E-state index contributed by atoms with van der Waals surface area (Å²) in [4.78, 5) is 21.9. The Hall–Kier alpha value is -1.89. The topological polar surface area (TPSA) is 98.8 Å². The zero-order chi connectivity index (χ0) is 11.7. The normalized spacial score (nSPS) is 13.1. The third-order valence-electron chi connectivity index (χ3n) is 2.35. The van der Waals surface area contributed by atoms with Crippen LogP contribution < -0.4 is 11.3 Å². The number of hydrogen-bond donors (Lipinski definition) is 2. The lowest BCUT2D eigenvalue weighted by atomic mass is 10.4. The molecule has 0 spiro atoms. The molecule has 16 heavy (non-hydrogen) atoms. The Labute approximate surface area is 91.3 Å². The van der Waals surface area contributed by atoms with E-state index in [2.05, 4.69) is 15.0 Å². The molecule has 2 aromatic heterocycles. The number of rotatable bonds is 3. The van der Waals surface area contributed by atoms with Gasteiger partial charge in [0.25, 0.3) is 5.56 Å². The standard InChI is InChI=1S/C9H13N5O2/c1-5(16-2)3-14-4-11-6-7(14)12-9(10)13-8(6)15/h4-5H,3H2,1-2H3,(H3,10,12,13,15)/t5-/m0/s1. The van der Waals surface area contributed by atoms with Gasteiger partial charge < -0.3 is 15.0 Å². The van der Waals surface area contributed by atoms with Crippen molar-refractivity contribution >= 4 is 17.1 Å². The summed E-state index contributed by atoms with van der Waals surface area (Å²) >= 11 is 0. The fraction of sp³-hybridized carbons (Fsp3) is 0.444. The number of anilines is 1. The SMILES string of the molecule is CO[C@@H](C)Cn1cnc2c(=O)[nH]c(N)nc21. The van der Waals surface area contributed by atoms with E-state index >= 15 is 0 Å². The number of methoxy groups -OCH3 is 1. The maximum Gasteiger partial charge on any atom is 0.280 e. The van der Waals surface area contributed by atoms with E-state index in [4.69, 9.17) is 10.5 Å². The van der Waals surface area contributed by atoms with Gasteiger partial charge in [0, 0.05) is 7.11 Å². The van der Waals surface area contributed by atoms with Gasteiger partial charge in [-0.3, -0.25) is 9.78 Å². The molecule has 2 heterocycles. The van der Waals surface area contributed by atoms with Crippen molar-refractivity contribution in [3.8, 4) is 0 Å². The Morgan fingerprint density at radius 2 is 2.44 bits per heavy atom. The average Bonchev–Trinajstić information content (AvgIpc) is 2.61. The fourth-order valence-corrected chi connectivity index (χ4v) is 1.46. The highest BCUT2D eigenvalue weighted by Crippen LogP contribution is 2.07. The largest absolute Gasteiger partial charge is 0.380 e. The monoisotopic (exact) mass is 223 g/mol. The van der Waals surface area contributed by atoms with E-state index in [1.807, 2.05) is 6.92 Å². The number of H-pyrrole nitrogens is 1. The maximum atomic E-state index is 11.5. The molecule has 3 N–H and O–H groups in total. The molecule has 86 valence electrons. The Bertz CT molecular complexity index is 559. The van der Waals surface area contributed by atoms with Crippen LogP contribution in [0, 0.1) is 0 Å². The molecule has 0 saturated carbocycles. The first kappa shape index (κ1) is 10.6. The van der Waals surface area contributed by atoms with Crippen molar-refractivity contribution in [1.29, 1.82) is 0 Å². The zero-order valence-corrected chi connectivity index (χ0v) is 9.10. The number of aromatic nitrogens is 4. The summed E-state index contributed by atoms with van der Waals surface area (Å²) in [6.45, 7) is 2.49. The molecule has 0 radical (unpaired) electrons. The van der Waals surface area contributed by atoms with Crippen LogP contribution in [0.3, 0.4) is 0 Å². The molecule has 0 aliphatic carbocycles. The van der Waals surface area contributed by atoms with E-state index in [-0.39, 0.29) is 23.1 Å². The summed E-state index contributed by atoms with van der Waals surface area (Å²) in [5.74, 6) is 0.0873. The molecule has 0 fully saturated rings. The minimum Gasteiger partial charge on any atom is -0.380 e. The molecule has 0 bridgehead atoms. The van der Waals surface area contributed by atoms with Crippen molar-refractivity contribution in [3.05, 3.63) is 16.7 Å². The molecular weight excluding hydrogens is 210 g/mol. The molecule has 2 rings (SSSR count). The number of fused-ring (bicyclic) bond motifs is 1. The van der Waals surface area contributed by atoms with E-state index in [9.17, 15) is 4.79 Å². The van der Waals surface area contributed by atoms with Crippen molar-refractivity contribution in [2.24, 2.45) is 0 Å². The first-order valence-corrected chi connectivity index (χ1v) is 4.85. The number of nitrogen functional groups attached to an aromatic ring is 1. The van der Waals surface area contributed by atoms with E-state index < -0.39 is 0 Å². The summed E-state index contributed by atoms with van der Waals surface area (Å²) in [5, 5.41) is 0. The number of nitrogens with two attached hydrogens (primary N) is 1. The van der Waals surface area contributed by atoms with Gasteiger partial charge in [-0.25, -0.2) is 4.98 Å². The number of ether oxygens (including phenoxy) is 1. The van der Waals surface area contributed by atoms with Gasteiger partial charge in [-0.1, -0.05) is 0 Å². The van der Waals surface area contributed by atoms with Gasteiger partial charge in [0.2, 0.25) is 5.95 Å². The number of nitrogens with one attached hydrogen (secondary N) is 1. The lowest BCUT2D eigenvalue weighted by Gasteiger charge is -2.10. The molecule has 0 saturated heterocycles. The summed E-state index contributed by atoms with van der Waals surface area (Å²) < 4.78 is 6.88.